The quantitative estimate of drug-likeness (QED) is 0.805. The predicted molar refractivity (Wildman–Crippen MR) is 73.4 cm³/mol. The van der Waals surface area contributed by atoms with Gasteiger partial charge in [0.05, 0.1) is 0 Å². The van der Waals surface area contributed by atoms with Gasteiger partial charge in [0, 0.05) is 17.8 Å². The van der Waals surface area contributed by atoms with Gasteiger partial charge in [-0.3, -0.25) is 4.79 Å². The fourth-order valence-electron chi connectivity index (χ4n) is 1.25. The Hall–Kier alpha value is -1.71. The molecule has 0 aliphatic heterocycles. The van der Waals surface area contributed by atoms with E-state index in [0.29, 0.717) is 11.4 Å². The van der Waals surface area contributed by atoms with Crippen LogP contribution in [0.15, 0.2) is 24.3 Å². The van der Waals surface area contributed by atoms with Crippen LogP contribution in [0.3, 0.4) is 0 Å². The Morgan fingerprint density at radius 3 is 2.67 bits per heavy atom. The summed E-state index contributed by atoms with van der Waals surface area (Å²) in [5.74, 6) is 0.480. The summed E-state index contributed by atoms with van der Waals surface area (Å²) in [6, 6.07) is 7.13. The fourth-order valence-corrected chi connectivity index (χ4v) is 1.25. The van der Waals surface area contributed by atoms with E-state index in [2.05, 4.69) is 26.1 Å². The molecule has 4 heteroatoms. The zero-order valence-corrected chi connectivity index (χ0v) is 11.5. The first kappa shape index (κ1) is 14.4. The third kappa shape index (κ3) is 4.65. The molecule has 0 aliphatic rings. The van der Waals surface area contributed by atoms with Crippen LogP contribution in [0, 0.1) is 5.41 Å². The number of hydrogen-bond donors (Lipinski definition) is 2. The first-order chi connectivity index (χ1) is 8.29. The molecule has 0 aliphatic carbocycles. The molecule has 0 saturated heterocycles. The van der Waals surface area contributed by atoms with E-state index in [1.807, 2.05) is 6.92 Å². The van der Waals surface area contributed by atoms with E-state index in [-0.39, 0.29) is 24.0 Å². The molecule has 1 aromatic carbocycles. The van der Waals surface area contributed by atoms with Crippen molar-refractivity contribution in [1.29, 1.82) is 0 Å². The largest absolute Gasteiger partial charge is 0.484 e. The van der Waals surface area contributed by atoms with Gasteiger partial charge in [0.1, 0.15) is 5.75 Å². The normalized spacial score (nSPS) is 12.9. The SMILES string of the molecule is CC(NC(=O)COc1cccc(N)c1)C(C)(C)C. The lowest BCUT2D eigenvalue weighted by molar-refractivity contribution is -0.124. The van der Waals surface area contributed by atoms with Crippen LogP contribution in [0.1, 0.15) is 27.7 Å². The molecule has 0 radical (unpaired) electrons. The minimum Gasteiger partial charge on any atom is -0.484 e. The van der Waals surface area contributed by atoms with Gasteiger partial charge in [0.2, 0.25) is 0 Å². The summed E-state index contributed by atoms with van der Waals surface area (Å²) >= 11 is 0. The average molecular weight is 250 g/mol. The Morgan fingerprint density at radius 1 is 1.44 bits per heavy atom. The number of rotatable bonds is 4. The molecule has 0 fully saturated rings. The van der Waals surface area contributed by atoms with Gasteiger partial charge in [-0.2, -0.15) is 0 Å². The van der Waals surface area contributed by atoms with E-state index >= 15 is 0 Å². The molecule has 18 heavy (non-hydrogen) atoms. The smallest absolute Gasteiger partial charge is 0.258 e. The number of carbonyl (C=O) groups is 1. The molecule has 4 nitrogen and oxygen atoms in total. The van der Waals surface area contributed by atoms with E-state index in [9.17, 15) is 4.79 Å². The van der Waals surface area contributed by atoms with Crippen molar-refractivity contribution in [2.24, 2.45) is 5.41 Å². The lowest BCUT2D eigenvalue weighted by Crippen LogP contribution is -2.43. The Bertz CT molecular complexity index is 411. The van der Waals surface area contributed by atoms with Crippen molar-refractivity contribution in [2.45, 2.75) is 33.7 Å². The number of carbonyl (C=O) groups excluding carboxylic acids is 1. The number of anilines is 1. The van der Waals surface area contributed by atoms with E-state index in [0.717, 1.165) is 0 Å². The highest BCUT2D eigenvalue weighted by atomic mass is 16.5. The van der Waals surface area contributed by atoms with Gasteiger partial charge in [0.15, 0.2) is 6.61 Å². The molecule has 1 amide bonds. The summed E-state index contributed by atoms with van der Waals surface area (Å²) in [6.45, 7) is 8.23. The Kier molecular flexibility index (Phi) is 4.59. The van der Waals surface area contributed by atoms with Crippen molar-refractivity contribution in [2.75, 3.05) is 12.3 Å². The lowest BCUT2D eigenvalue weighted by Gasteiger charge is -2.28. The second-order valence-electron chi connectivity index (χ2n) is 5.52. The summed E-state index contributed by atoms with van der Waals surface area (Å²) < 4.78 is 5.37. The van der Waals surface area contributed by atoms with E-state index < -0.39 is 0 Å². The summed E-state index contributed by atoms with van der Waals surface area (Å²) in [4.78, 5) is 11.7. The second kappa shape index (κ2) is 5.76. The van der Waals surface area contributed by atoms with E-state index in [1.54, 1.807) is 24.3 Å². The Labute approximate surface area is 109 Å². The topological polar surface area (TPSA) is 64.3 Å². The maximum Gasteiger partial charge on any atom is 0.258 e. The van der Waals surface area contributed by atoms with Gasteiger partial charge >= 0.3 is 0 Å². The monoisotopic (exact) mass is 250 g/mol. The molecular formula is C14H22N2O2. The summed E-state index contributed by atoms with van der Waals surface area (Å²) in [5.41, 5.74) is 6.28. The minimum atomic E-state index is -0.125. The highest BCUT2D eigenvalue weighted by Gasteiger charge is 2.21. The number of amides is 1. The molecule has 0 aromatic heterocycles. The van der Waals surface area contributed by atoms with Crippen molar-refractivity contribution >= 4 is 11.6 Å². The van der Waals surface area contributed by atoms with Crippen LogP contribution < -0.4 is 15.8 Å². The number of ether oxygens (including phenoxy) is 1. The van der Waals surface area contributed by atoms with Gasteiger partial charge < -0.3 is 15.8 Å². The highest BCUT2D eigenvalue weighted by Crippen LogP contribution is 2.18. The maximum atomic E-state index is 11.7. The van der Waals surface area contributed by atoms with Gasteiger partial charge in [-0.15, -0.1) is 0 Å². The third-order valence-corrected chi connectivity index (χ3v) is 2.90. The number of nitrogen functional groups attached to an aromatic ring is 1. The number of nitrogens with one attached hydrogen (secondary N) is 1. The maximum absolute atomic E-state index is 11.7. The van der Waals surface area contributed by atoms with Gasteiger partial charge in [-0.05, 0) is 24.5 Å². The molecular weight excluding hydrogens is 228 g/mol. The highest BCUT2D eigenvalue weighted by molar-refractivity contribution is 5.77. The van der Waals surface area contributed by atoms with Crippen molar-refractivity contribution in [3.63, 3.8) is 0 Å². The minimum absolute atomic E-state index is 0.00384. The third-order valence-electron chi connectivity index (χ3n) is 2.90. The zero-order chi connectivity index (χ0) is 13.8. The fraction of sp³-hybridized carbons (Fsp3) is 0.500. The predicted octanol–water partition coefficient (Wildman–Crippen LogP) is 2.20. The Balaban J connectivity index is 2.42. The molecule has 100 valence electrons. The first-order valence-electron chi connectivity index (χ1n) is 6.07. The molecule has 1 unspecified atom stereocenters. The van der Waals surface area contributed by atoms with Gasteiger partial charge in [-0.25, -0.2) is 0 Å². The average Bonchev–Trinajstić information content (AvgIpc) is 2.25. The molecule has 1 atom stereocenters. The number of hydrogen-bond acceptors (Lipinski definition) is 3. The molecule has 0 heterocycles. The summed E-state index contributed by atoms with van der Waals surface area (Å²) in [5, 5.41) is 2.91. The van der Waals surface area contributed by atoms with Crippen LogP contribution in [0.25, 0.3) is 0 Å². The van der Waals surface area contributed by atoms with Crippen molar-refractivity contribution in [3.05, 3.63) is 24.3 Å². The lowest BCUT2D eigenvalue weighted by atomic mass is 9.88. The Morgan fingerprint density at radius 2 is 2.11 bits per heavy atom. The van der Waals surface area contributed by atoms with E-state index in [4.69, 9.17) is 10.5 Å². The van der Waals surface area contributed by atoms with Crippen molar-refractivity contribution < 1.29 is 9.53 Å². The van der Waals surface area contributed by atoms with Gasteiger partial charge in [-0.1, -0.05) is 26.8 Å². The van der Waals surface area contributed by atoms with Crippen molar-refractivity contribution in [1.82, 2.24) is 5.32 Å². The van der Waals surface area contributed by atoms with Crippen LogP contribution in [0.5, 0.6) is 5.75 Å². The molecule has 1 aromatic rings. The summed E-state index contributed by atoms with van der Waals surface area (Å²) in [7, 11) is 0. The van der Waals surface area contributed by atoms with Crippen LogP contribution >= 0.6 is 0 Å². The van der Waals surface area contributed by atoms with Crippen LogP contribution in [0.4, 0.5) is 5.69 Å². The first-order valence-corrected chi connectivity index (χ1v) is 6.07. The number of nitrogens with two attached hydrogens (primary N) is 1. The second-order valence-corrected chi connectivity index (χ2v) is 5.52. The van der Waals surface area contributed by atoms with Crippen LogP contribution in [0.2, 0.25) is 0 Å². The number of benzene rings is 1. The molecule has 1 rings (SSSR count). The standard InChI is InChI=1S/C14H22N2O2/c1-10(14(2,3)4)16-13(17)9-18-12-7-5-6-11(15)8-12/h5-8,10H,9,15H2,1-4H3,(H,16,17). The van der Waals surface area contributed by atoms with E-state index in [1.165, 1.54) is 0 Å². The molecule has 0 bridgehead atoms. The zero-order valence-electron chi connectivity index (χ0n) is 11.5. The molecule has 0 saturated carbocycles. The molecule has 0 spiro atoms. The van der Waals surface area contributed by atoms with Gasteiger partial charge in [0.25, 0.3) is 5.91 Å². The van der Waals surface area contributed by atoms with Crippen LogP contribution in [-0.2, 0) is 4.79 Å². The summed E-state index contributed by atoms with van der Waals surface area (Å²) in [6.07, 6.45) is 0. The molecule has 3 N–H and O–H groups in total. The van der Waals surface area contributed by atoms with Crippen LogP contribution in [-0.4, -0.2) is 18.6 Å². The van der Waals surface area contributed by atoms with Crippen molar-refractivity contribution in [3.8, 4) is 5.75 Å².